The number of amides is 1. The van der Waals surface area contributed by atoms with Crippen molar-refractivity contribution in [3.8, 4) is 22.8 Å². The van der Waals surface area contributed by atoms with E-state index in [0.29, 0.717) is 17.3 Å². The number of nitrogens with zero attached hydrogens (tertiary/aromatic N) is 1. The van der Waals surface area contributed by atoms with Gasteiger partial charge in [0.2, 0.25) is 5.91 Å². The molecule has 0 spiro atoms. The van der Waals surface area contributed by atoms with E-state index in [1.807, 2.05) is 35.6 Å². The minimum atomic E-state index is -0.0400. The van der Waals surface area contributed by atoms with Crippen LogP contribution in [0.2, 0.25) is 0 Å². The molecule has 2 aromatic heterocycles. The molecule has 0 aliphatic heterocycles. The van der Waals surface area contributed by atoms with Gasteiger partial charge in [0.1, 0.15) is 0 Å². The second-order valence-electron chi connectivity index (χ2n) is 7.67. The van der Waals surface area contributed by atoms with Crippen LogP contribution in [0.1, 0.15) is 16.9 Å². The van der Waals surface area contributed by atoms with Crippen LogP contribution in [0, 0.1) is 5.92 Å². The Morgan fingerprint density at radius 1 is 1.13 bits per heavy atom. The van der Waals surface area contributed by atoms with Crippen molar-refractivity contribution in [1.82, 2.24) is 10.2 Å². The van der Waals surface area contributed by atoms with Crippen molar-refractivity contribution in [2.75, 3.05) is 19.5 Å². The monoisotopic (exact) mass is 433 g/mol. The van der Waals surface area contributed by atoms with Crippen LogP contribution in [0.5, 0.6) is 11.5 Å². The van der Waals surface area contributed by atoms with E-state index in [0.717, 1.165) is 30.5 Å². The van der Waals surface area contributed by atoms with E-state index in [-0.39, 0.29) is 11.8 Å². The van der Waals surface area contributed by atoms with Crippen LogP contribution in [-0.2, 0) is 17.6 Å². The van der Waals surface area contributed by atoms with Gasteiger partial charge in [0.15, 0.2) is 17.3 Å². The van der Waals surface area contributed by atoms with E-state index in [1.165, 1.54) is 20.5 Å². The number of anilines is 1. The maximum Gasteiger partial charge on any atom is 0.229 e. The molecule has 1 aliphatic rings. The minimum absolute atomic E-state index is 0.0217. The third-order valence-corrected chi connectivity index (χ3v) is 7.09. The molecule has 0 radical (unpaired) electrons. The summed E-state index contributed by atoms with van der Waals surface area (Å²) in [7, 11) is 3.21. The molecule has 0 bridgehead atoms. The third-order valence-electron chi connectivity index (χ3n) is 5.85. The Morgan fingerprint density at radius 3 is 2.81 bits per heavy atom. The number of thiophene rings is 1. The first-order valence-corrected chi connectivity index (χ1v) is 11.1. The van der Waals surface area contributed by atoms with Crippen molar-refractivity contribution < 1.29 is 14.3 Å². The van der Waals surface area contributed by atoms with Gasteiger partial charge in [-0.05, 0) is 54.5 Å². The first kappa shape index (κ1) is 19.6. The van der Waals surface area contributed by atoms with E-state index < -0.39 is 0 Å². The molecular formula is C24H23N3O3S. The Balaban J connectivity index is 1.30. The molecule has 158 valence electrons. The topological polar surface area (TPSA) is 76.2 Å². The van der Waals surface area contributed by atoms with Crippen molar-refractivity contribution in [3.63, 3.8) is 0 Å². The van der Waals surface area contributed by atoms with Gasteiger partial charge in [-0.3, -0.25) is 9.89 Å². The molecule has 2 aromatic carbocycles. The standard InChI is InChI=1S/C24H23N3O3S/c1-29-19-10-8-14(11-20(19)30-2)18-13-23(27-26-18)25-24(28)15-7-9-17-16-5-3-4-6-21(16)31-22(17)12-15/h3-6,8,10-11,13,15H,7,9,12H2,1-2H3,(H2,25,26,27,28). The zero-order valence-corrected chi connectivity index (χ0v) is 18.2. The second kappa shape index (κ2) is 8.07. The number of rotatable bonds is 5. The number of aryl methyl sites for hydroxylation is 1. The maximum absolute atomic E-state index is 12.9. The van der Waals surface area contributed by atoms with Gasteiger partial charge in [-0.15, -0.1) is 11.3 Å². The van der Waals surface area contributed by atoms with Crippen molar-refractivity contribution >= 4 is 33.1 Å². The van der Waals surface area contributed by atoms with Crippen molar-refractivity contribution in [2.45, 2.75) is 19.3 Å². The molecule has 1 atom stereocenters. The number of ether oxygens (including phenoxy) is 2. The van der Waals surface area contributed by atoms with Gasteiger partial charge >= 0.3 is 0 Å². The van der Waals surface area contributed by atoms with E-state index >= 15 is 0 Å². The van der Waals surface area contributed by atoms with Crippen molar-refractivity contribution in [3.05, 3.63) is 59.0 Å². The van der Waals surface area contributed by atoms with E-state index in [1.54, 1.807) is 14.2 Å². The van der Waals surface area contributed by atoms with Crippen LogP contribution >= 0.6 is 11.3 Å². The predicted molar refractivity (Wildman–Crippen MR) is 123 cm³/mol. The van der Waals surface area contributed by atoms with Crippen LogP contribution in [0.3, 0.4) is 0 Å². The molecule has 6 nitrogen and oxygen atoms in total. The molecule has 0 saturated heterocycles. The van der Waals surface area contributed by atoms with Crippen LogP contribution < -0.4 is 14.8 Å². The average molecular weight is 434 g/mol. The highest BCUT2D eigenvalue weighted by atomic mass is 32.1. The number of carbonyl (C=O) groups is 1. The minimum Gasteiger partial charge on any atom is -0.493 e. The lowest BCUT2D eigenvalue weighted by Gasteiger charge is -2.21. The fourth-order valence-corrected chi connectivity index (χ4v) is 5.56. The maximum atomic E-state index is 12.9. The number of benzene rings is 2. The van der Waals surface area contributed by atoms with Gasteiger partial charge < -0.3 is 14.8 Å². The molecule has 2 N–H and O–H groups in total. The lowest BCUT2D eigenvalue weighted by molar-refractivity contribution is -0.120. The molecule has 7 heteroatoms. The van der Waals surface area contributed by atoms with E-state index in [9.17, 15) is 4.79 Å². The predicted octanol–water partition coefficient (Wildman–Crippen LogP) is 5.05. The van der Waals surface area contributed by atoms with Gasteiger partial charge in [0, 0.05) is 27.1 Å². The van der Waals surface area contributed by atoms with Gasteiger partial charge in [0.25, 0.3) is 0 Å². The summed E-state index contributed by atoms with van der Waals surface area (Å²) in [5.41, 5.74) is 3.12. The lowest BCUT2D eigenvalue weighted by Crippen LogP contribution is -2.27. The number of fused-ring (bicyclic) bond motifs is 3. The molecule has 1 unspecified atom stereocenters. The van der Waals surface area contributed by atoms with Gasteiger partial charge in [-0.25, -0.2) is 0 Å². The smallest absolute Gasteiger partial charge is 0.229 e. The van der Waals surface area contributed by atoms with Crippen molar-refractivity contribution in [1.29, 1.82) is 0 Å². The highest BCUT2D eigenvalue weighted by Crippen LogP contribution is 2.38. The Kier molecular flexibility index (Phi) is 5.11. The first-order valence-electron chi connectivity index (χ1n) is 10.2. The largest absolute Gasteiger partial charge is 0.493 e. The van der Waals surface area contributed by atoms with E-state index in [4.69, 9.17) is 9.47 Å². The van der Waals surface area contributed by atoms with E-state index in [2.05, 4.69) is 39.8 Å². The van der Waals surface area contributed by atoms with Crippen LogP contribution in [0.15, 0.2) is 48.5 Å². The fourth-order valence-electron chi connectivity index (χ4n) is 4.22. The lowest BCUT2D eigenvalue weighted by atomic mass is 9.87. The molecule has 4 aromatic rings. The number of methoxy groups -OCH3 is 2. The van der Waals surface area contributed by atoms with Gasteiger partial charge in [-0.2, -0.15) is 5.10 Å². The summed E-state index contributed by atoms with van der Waals surface area (Å²) in [6.45, 7) is 0. The molecular weight excluding hydrogens is 410 g/mol. The molecule has 1 amide bonds. The Bertz CT molecular complexity index is 1260. The molecule has 2 heterocycles. The number of nitrogens with one attached hydrogen (secondary N) is 2. The molecule has 0 saturated carbocycles. The summed E-state index contributed by atoms with van der Waals surface area (Å²) in [5.74, 6) is 1.81. The summed E-state index contributed by atoms with van der Waals surface area (Å²) < 4.78 is 12.0. The van der Waals surface area contributed by atoms with Crippen molar-refractivity contribution in [2.24, 2.45) is 5.92 Å². The van der Waals surface area contributed by atoms with Crippen LogP contribution in [-0.4, -0.2) is 30.3 Å². The number of H-pyrrole nitrogens is 1. The Morgan fingerprint density at radius 2 is 1.97 bits per heavy atom. The van der Waals surface area contributed by atoms with Crippen LogP contribution in [0.4, 0.5) is 5.82 Å². The summed E-state index contributed by atoms with van der Waals surface area (Å²) in [6, 6.07) is 16.0. The summed E-state index contributed by atoms with van der Waals surface area (Å²) in [6.07, 6.45) is 2.58. The molecule has 1 aliphatic carbocycles. The zero-order chi connectivity index (χ0) is 21.4. The average Bonchev–Trinajstić information content (AvgIpc) is 3.42. The van der Waals surface area contributed by atoms with Crippen LogP contribution in [0.25, 0.3) is 21.3 Å². The summed E-state index contributed by atoms with van der Waals surface area (Å²) in [4.78, 5) is 14.3. The number of aromatic amines is 1. The Hall–Kier alpha value is -3.32. The molecule has 0 fully saturated rings. The first-order chi connectivity index (χ1) is 15.2. The Labute approximate surface area is 184 Å². The number of carbonyl (C=O) groups excluding carboxylic acids is 1. The highest BCUT2D eigenvalue weighted by Gasteiger charge is 2.28. The summed E-state index contributed by atoms with van der Waals surface area (Å²) in [5, 5.41) is 11.6. The van der Waals surface area contributed by atoms with Gasteiger partial charge in [-0.1, -0.05) is 18.2 Å². The molecule has 5 rings (SSSR count). The number of hydrogen-bond donors (Lipinski definition) is 2. The third kappa shape index (κ3) is 3.65. The number of aromatic nitrogens is 2. The normalized spacial score (nSPS) is 15.5. The highest BCUT2D eigenvalue weighted by molar-refractivity contribution is 7.19. The SMILES string of the molecule is COc1ccc(-c2cc(NC(=O)C3CCc4c(sc5ccccc45)C3)n[nH]2)cc1OC. The summed E-state index contributed by atoms with van der Waals surface area (Å²) >= 11 is 1.81. The zero-order valence-electron chi connectivity index (χ0n) is 17.4. The number of hydrogen-bond acceptors (Lipinski definition) is 5. The fraction of sp³-hybridized carbons (Fsp3) is 0.250. The quantitative estimate of drug-likeness (QED) is 0.462. The second-order valence-corrected chi connectivity index (χ2v) is 8.80. The van der Waals surface area contributed by atoms with Gasteiger partial charge in [0.05, 0.1) is 19.9 Å². The molecule has 31 heavy (non-hydrogen) atoms.